The molecule has 10 rings (SSSR count). The molecule has 0 radical (unpaired) electrons. The lowest BCUT2D eigenvalue weighted by atomic mass is 10.1. The third kappa shape index (κ3) is 8.44. The van der Waals surface area contributed by atoms with E-state index in [-0.39, 0.29) is 23.9 Å². The average molecular weight is 857 g/mol. The number of nitrogens with one attached hydrogen (secondary N) is 2. The highest BCUT2D eigenvalue weighted by Gasteiger charge is 2.29. The molecule has 2 atom stereocenters. The molecule has 0 unspecified atom stereocenters. The van der Waals surface area contributed by atoms with Crippen LogP contribution >= 0.6 is 0 Å². The topological polar surface area (TPSA) is 230 Å². The van der Waals surface area contributed by atoms with Gasteiger partial charge < -0.3 is 31.9 Å². The molecule has 2 amide bonds. The molecular weight excluding hydrogens is 809 g/mol. The van der Waals surface area contributed by atoms with Crippen molar-refractivity contribution in [1.29, 1.82) is 0 Å². The number of pyridine rings is 6. The van der Waals surface area contributed by atoms with E-state index in [2.05, 4.69) is 50.7 Å². The Morgan fingerprint density at radius 2 is 1.05 bits per heavy atom. The highest BCUT2D eigenvalue weighted by molar-refractivity contribution is 5.96. The minimum absolute atomic E-state index is 0.0935. The number of aryl methyl sites for hydroxylation is 2. The van der Waals surface area contributed by atoms with Gasteiger partial charge in [0.25, 0.3) is 0 Å². The number of nitrogens with two attached hydrogens (primary N) is 2. The molecule has 2 aliphatic heterocycles. The molecule has 64 heavy (non-hydrogen) atoms. The summed E-state index contributed by atoms with van der Waals surface area (Å²) in [6.45, 7) is 5.62. The third-order valence-corrected chi connectivity index (χ3v) is 11.8. The molecule has 0 spiro atoms. The summed E-state index contributed by atoms with van der Waals surface area (Å²) in [4.78, 5) is 54.9. The number of likely N-dealkylation sites (N-methyl/N-ethyl adjacent to an activating group) is 2. The molecule has 2 fully saturated rings. The molecule has 324 valence electrons. The molecule has 8 aromatic rings. The van der Waals surface area contributed by atoms with Gasteiger partial charge in [0.05, 0.1) is 35.2 Å². The van der Waals surface area contributed by atoms with Crippen LogP contribution < -0.4 is 22.1 Å². The first-order chi connectivity index (χ1) is 31.0. The number of hydrogen-bond donors (Lipinski definition) is 4. The van der Waals surface area contributed by atoms with Gasteiger partial charge in [0.15, 0.2) is 0 Å². The van der Waals surface area contributed by atoms with Gasteiger partial charge in [-0.15, -0.1) is 0 Å². The van der Waals surface area contributed by atoms with Crippen molar-refractivity contribution in [2.24, 2.45) is 0 Å². The molecule has 18 heteroatoms. The van der Waals surface area contributed by atoms with E-state index >= 15 is 0 Å². The Morgan fingerprint density at radius 1 is 0.609 bits per heavy atom. The number of aromatic nitrogens is 10. The van der Waals surface area contributed by atoms with Gasteiger partial charge in [-0.05, 0) is 97.8 Å². The van der Waals surface area contributed by atoms with Crippen LogP contribution in [0.15, 0.2) is 98.4 Å². The zero-order valence-corrected chi connectivity index (χ0v) is 36.0. The molecule has 0 saturated carbocycles. The zero-order valence-electron chi connectivity index (χ0n) is 36.0. The van der Waals surface area contributed by atoms with Crippen molar-refractivity contribution in [3.05, 3.63) is 109 Å². The number of carbonyl (C=O) groups excluding carboxylic acids is 2. The van der Waals surface area contributed by atoms with Crippen LogP contribution in [0.1, 0.15) is 48.9 Å². The van der Waals surface area contributed by atoms with Crippen LogP contribution in [-0.4, -0.2) is 98.3 Å². The second kappa shape index (κ2) is 17.4. The Bertz CT molecular complexity index is 2830. The smallest absolute Gasteiger partial charge is 0.247 e. The number of carbonyl (C=O) groups is 2. The number of hydrogen-bond acceptors (Lipinski definition) is 14. The van der Waals surface area contributed by atoms with Crippen molar-refractivity contribution in [2.45, 2.75) is 51.6 Å². The van der Waals surface area contributed by atoms with Crippen LogP contribution in [-0.2, 0) is 9.59 Å². The summed E-state index contributed by atoms with van der Waals surface area (Å²) in [6, 6.07) is 11.2. The highest BCUT2D eigenvalue weighted by Crippen LogP contribution is 2.32. The van der Waals surface area contributed by atoms with Crippen molar-refractivity contribution in [3.63, 3.8) is 0 Å². The number of amides is 2. The summed E-state index contributed by atoms with van der Waals surface area (Å²) in [5.74, 6) is 2.35. The van der Waals surface area contributed by atoms with Crippen molar-refractivity contribution in [1.82, 2.24) is 59.3 Å². The first-order valence-corrected chi connectivity index (χ1v) is 21.1. The van der Waals surface area contributed by atoms with Gasteiger partial charge in [0.1, 0.15) is 35.4 Å². The van der Waals surface area contributed by atoms with E-state index in [1.54, 1.807) is 68.7 Å². The summed E-state index contributed by atoms with van der Waals surface area (Å²) >= 11 is 0. The highest BCUT2D eigenvalue weighted by atomic mass is 16.2. The second-order valence-electron chi connectivity index (χ2n) is 16.3. The van der Waals surface area contributed by atoms with Crippen LogP contribution in [0.2, 0.25) is 0 Å². The number of rotatable bonds is 8. The van der Waals surface area contributed by atoms with E-state index in [9.17, 15) is 9.59 Å². The third-order valence-electron chi connectivity index (χ3n) is 11.8. The SMILES string of the molecule is Cc1ccncc1-c1cc2cc(Nc3cnn([C@@H]4CCCN(C)C4=O)c3)ncc2c(N)n1.Cc1ccncc1-c1cc2cc(Nc3cnn([C@H]4CCCN(C)C4=O)c3)ncc2c(N)n1. The molecular formula is C46H48N16O2. The maximum absolute atomic E-state index is 12.5. The fourth-order valence-electron chi connectivity index (χ4n) is 8.18. The fraction of sp³-hybridized carbons (Fsp3) is 0.261. The Balaban J connectivity index is 0.000000162. The van der Waals surface area contributed by atoms with E-state index in [0.717, 1.165) is 105 Å². The van der Waals surface area contributed by atoms with Gasteiger partial charge in [-0.1, -0.05) is 0 Å². The molecule has 8 aromatic heterocycles. The lowest BCUT2D eigenvalue weighted by Crippen LogP contribution is -2.39. The van der Waals surface area contributed by atoms with Gasteiger partial charge in [-0.25, -0.2) is 19.9 Å². The van der Waals surface area contributed by atoms with E-state index in [4.69, 9.17) is 11.5 Å². The number of anilines is 6. The molecule has 6 N–H and O–H groups in total. The Hall–Kier alpha value is -8.02. The normalized spacial score (nSPS) is 16.5. The Morgan fingerprint density at radius 3 is 1.47 bits per heavy atom. The number of nitrogen functional groups attached to an aromatic ring is 2. The quantitative estimate of drug-likeness (QED) is 0.126. The van der Waals surface area contributed by atoms with Crippen molar-refractivity contribution < 1.29 is 9.59 Å². The number of likely N-dealkylation sites (tertiary alicyclic amines) is 2. The predicted octanol–water partition coefficient (Wildman–Crippen LogP) is 6.63. The average Bonchev–Trinajstić information content (AvgIpc) is 3.95. The molecule has 0 bridgehead atoms. The summed E-state index contributed by atoms with van der Waals surface area (Å²) in [5, 5.41) is 18.8. The number of nitrogens with zero attached hydrogens (tertiary/aromatic N) is 12. The van der Waals surface area contributed by atoms with Crippen molar-refractivity contribution >= 4 is 68.0 Å². The molecule has 18 nitrogen and oxygen atoms in total. The van der Waals surface area contributed by atoms with E-state index in [1.165, 1.54) is 0 Å². The maximum atomic E-state index is 12.5. The molecule has 0 aromatic carbocycles. The standard InChI is InChI=1S/2C23H24N8O/c2*1-14-5-6-25-11-17(14)19-8-15-9-21(26-12-18(15)22(24)29-19)28-16-10-27-31(13-16)20-4-3-7-30(2)23(20)32/h2*5-6,8-13,20H,3-4,7H2,1-2H3,(H2,24,29)(H,26,28)/t2*20-/m10/s1. The van der Waals surface area contributed by atoms with Crippen molar-refractivity contribution in [3.8, 4) is 22.5 Å². The van der Waals surface area contributed by atoms with E-state index in [1.807, 2.05) is 76.7 Å². The molecule has 10 heterocycles. The van der Waals surface area contributed by atoms with Gasteiger partial charge in [0, 0.05) is 98.7 Å². The van der Waals surface area contributed by atoms with Crippen LogP contribution in [0.25, 0.3) is 44.1 Å². The molecule has 0 aliphatic carbocycles. The zero-order chi connectivity index (χ0) is 44.5. The summed E-state index contributed by atoms with van der Waals surface area (Å²) in [5.41, 5.74) is 19.5. The van der Waals surface area contributed by atoms with Crippen LogP contribution in [0.4, 0.5) is 34.6 Å². The predicted molar refractivity (Wildman–Crippen MR) is 247 cm³/mol. The van der Waals surface area contributed by atoms with E-state index in [0.29, 0.717) is 23.3 Å². The van der Waals surface area contributed by atoms with Crippen LogP contribution in [0.5, 0.6) is 0 Å². The summed E-state index contributed by atoms with van der Waals surface area (Å²) < 4.78 is 3.46. The number of piperidine rings is 2. The lowest BCUT2D eigenvalue weighted by Gasteiger charge is -2.29. The largest absolute Gasteiger partial charge is 0.383 e. The Labute approximate surface area is 368 Å². The van der Waals surface area contributed by atoms with E-state index < -0.39 is 0 Å². The molecule has 2 saturated heterocycles. The summed E-state index contributed by atoms with van der Waals surface area (Å²) in [7, 11) is 3.66. The monoisotopic (exact) mass is 856 g/mol. The fourth-order valence-corrected chi connectivity index (χ4v) is 8.18. The van der Waals surface area contributed by atoms with Gasteiger partial charge in [-0.3, -0.25) is 28.9 Å². The first kappa shape index (κ1) is 41.3. The number of fused-ring (bicyclic) bond motifs is 2. The van der Waals surface area contributed by atoms with Crippen molar-refractivity contribution in [2.75, 3.05) is 49.3 Å². The van der Waals surface area contributed by atoms with Crippen LogP contribution in [0.3, 0.4) is 0 Å². The minimum atomic E-state index is -0.259. The molecule has 2 aliphatic rings. The summed E-state index contributed by atoms with van der Waals surface area (Å²) in [6.07, 6.45) is 21.2. The maximum Gasteiger partial charge on any atom is 0.247 e. The minimum Gasteiger partial charge on any atom is -0.383 e. The lowest BCUT2D eigenvalue weighted by molar-refractivity contribution is -0.137. The Kier molecular flexibility index (Phi) is 11.2. The van der Waals surface area contributed by atoms with Crippen LogP contribution in [0, 0.1) is 13.8 Å². The van der Waals surface area contributed by atoms with Gasteiger partial charge in [-0.2, -0.15) is 10.2 Å². The first-order valence-electron chi connectivity index (χ1n) is 21.1. The van der Waals surface area contributed by atoms with Gasteiger partial charge >= 0.3 is 0 Å². The van der Waals surface area contributed by atoms with Gasteiger partial charge in [0.2, 0.25) is 11.8 Å². The second-order valence-corrected chi connectivity index (χ2v) is 16.3.